The third-order valence-electron chi connectivity index (χ3n) is 4.84. The number of nitrogens with one attached hydrogen (secondary N) is 1. The van der Waals surface area contributed by atoms with Crippen LogP contribution in [0.2, 0.25) is 0 Å². The summed E-state index contributed by atoms with van der Waals surface area (Å²) < 4.78 is 26.6. The van der Waals surface area contributed by atoms with Gasteiger partial charge in [0.25, 0.3) is 0 Å². The Morgan fingerprint density at radius 1 is 1.24 bits per heavy atom. The van der Waals surface area contributed by atoms with Gasteiger partial charge < -0.3 is 19.4 Å². The van der Waals surface area contributed by atoms with E-state index in [4.69, 9.17) is 9.47 Å². The smallest absolute Gasteiger partial charge is 0.306 e. The Balaban J connectivity index is 1.70. The van der Waals surface area contributed by atoms with Gasteiger partial charge in [0.05, 0.1) is 17.3 Å². The average Bonchev–Trinajstić information content (AvgIpc) is 3.22. The molecule has 0 radical (unpaired) electrons. The van der Waals surface area contributed by atoms with Gasteiger partial charge in [-0.25, -0.2) is 0 Å². The number of carbonyl (C=O) groups is 1. The lowest BCUT2D eigenvalue weighted by Gasteiger charge is -2.17. The number of halogens is 1. The number of hydrogen-bond donors (Lipinski definition) is 1. The Labute approximate surface area is 199 Å². The number of rotatable bonds is 10. The molecule has 3 rings (SSSR count). The molecule has 180 valence electrons. The largest absolute Gasteiger partial charge is 0.497 e. The molecule has 34 heavy (non-hydrogen) atoms. The van der Waals surface area contributed by atoms with Crippen molar-refractivity contribution in [3.8, 4) is 11.5 Å². The van der Waals surface area contributed by atoms with Gasteiger partial charge in [0, 0.05) is 24.4 Å². The predicted molar refractivity (Wildman–Crippen MR) is 125 cm³/mol. The van der Waals surface area contributed by atoms with Gasteiger partial charge in [0.2, 0.25) is 11.7 Å². The highest BCUT2D eigenvalue weighted by Gasteiger charge is 2.24. The van der Waals surface area contributed by atoms with E-state index in [1.165, 1.54) is 17.8 Å². The highest BCUT2D eigenvalue weighted by Crippen LogP contribution is 2.29. The second kappa shape index (κ2) is 11.0. The van der Waals surface area contributed by atoms with Gasteiger partial charge in [-0.3, -0.25) is 14.9 Å². The van der Waals surface area contributed by atoms with Gasteiger partial charge in [0.1, 0.15) is 11.5 Å². The summed E-state index contributed by atoms with van der Waals surface area (Å²) in [5.41, 5.74) is -0.581. The zero-order valence-corrected chi connectivity index (χ0v) is 19.8. The van der Waals surface area contributed by atoms with Crippen LogP contribution < -0.4 is 14.8 Å². The van der Waals surface area contributed by atoms with E-state index in [1.54, 1.807) is 20.1 Å². The van der Waals surface area contributed by atoms with E-state index < -0.39 is 33.7 Å². The number of carbonyl (C=O) groups excluding carboxylic acids is 1. The Bertz CT molecular complexity index is 1190. The van der Waals surface area contributed by atoms with Crippen molar-refractivity contribution < 1.29 is 23.6 Å². The number of methoxy groups -OCH3 is 1. The van der Waals surface area contributed by atoms with E-state index in [9.17, 15) is 19.3 Å². The van der Waals surface area contributed by atoms with Gasteiger partial charge in [0.15, 0.2) is 17.1 Å². The summed E-state index contributed by atoms with van der Waals surface area (Å²) in [4.78, 5) is 22.7. The molecule has 12 heteroatoms. The van der Waals surface area contributed by atoms with E-state index in [2.05, 4.69) is 15.5 Å². The number of anilines is 1. The second-order valence-electron chi connectivity index (χ2n) is 7.20. The van der Waals surface area contributed by atoms with Crippen LogP contribution in [0.25, 0.3) is 0 Å². The molecular formula is C22H24FN5O5S. The maximum absolute atomic E-state index is 13.5. The molecule has 10 nitrogen and oxygen atoms in total. The van der Waals surface area contributed by atoms with Crippen molar-refractivity contribution in [1.29, 1.82) is 0 Å². The number of ether oxygens (including phenoxy) is 2. The third kappa shape index (κ3) is 5.81. The average molecular weight is 490 g/mol. The summed E-state index contributed by atoms with van der Waals surface area (Å²) in [7, 11) is 1.58. The van der Waals surface area contributed by atoms with Crippen LogP contribution in [0.4, 0.5) is 15.8 Å². The molecule has 0 spiro atoms. The molecule has 0 aliphatic heterocycles. The van der Waals surface area contributed by atoms with Crippen LogP contribution in [0, 0.1) is 15.9 Å². The first kappa shape index (κ1) is 25.0. The lowest BCUT2D eigenvalue weighted by atomic mass is 10.2. The van der Waals surface area contributed by atoms with Crippen LogP contribution in [0.1, 0.15) is 32.7 Å². The number of nitrogens with zero attached hydrogens (tertiary/aromatic N) is 4. The van der Waals surface area contributed by atoms with Gasteiger partial charge in [-0.05, 0) is 45.0 Å². The van der Waals surface area contributed by atoms with Crippen LogP contribution in [0.3, 0.4) is 0 Å². The Morgan fingerprint density at radius 2 is 1.97 bits per heavy atom. The molecule has 3 aromatic rings. The first-order valence-electron chi connectivity index (χ1n) is 10.4. The van der Waals surface area contributed by atoms with Crippen molar-refractivity contribution in [2.45, 2.75) is 43.8 Å². The number of nitro benzene ring substituents is 1. The zero-order valence-electron chi connectivity index (χ0n) is 19.0. The standard InChI is InChI=1S/C22H24FN5O5S/c1-5-27-20(13(2)33-17-8-6-7-16(12-17)32-4)25-26-22(27)34-14(3)21(29)24-15-9-10-18(23)19(11-15)28(30)31/h6-14H,5H2,1-4H3,(H,24,29). The van der Waals surface area contributed by atoms with Crippen molar-refractivity contribution in [3.63, 3.8) is 0 Å². The first-order chi connectivity index (χ1) is 16.2. The minimum absolute atomic E-state index is 0.128. The van der Waals surface area contributed by atoms with Gasteiger partial charge >= 0.3 is 5.69 Å². The van der Waals surface area contributed by atoms with Crippen molar-refractivity contribution in [2.24, 2.45) is 0 Å². The minimum Gasteiger partial charge on any atom is -0.497 e. The summed E-state index contributed by atoms with van der Waals surface area (Å²) in [5, 5.41) is 21.9. The lowest BCUT2D eigenvalue weighted by molar-refractivity contribution is -0.387. The molecular weight excluding hydrogens is 465 g/mol. The molecule has 0 saturated carbocycles. The molecule has 0 aliphatic rings. The number of thioether (sulfide) groups is 1. The molecule has 1 heterocycles. The topological polar surface area (TPSA) is 121 Å². The van der Waals surface area contributed by atoms with Crippen LogP contribution >= 0.6 is 11.8 Å². The first-order valence-corrected chi connectivity index (χ1v) is 11.3. The van der Waals surface area contributed by atoms with Gasteiger partial charge in [-0.2, -0.15) is 4.39 Å². The fraction of sp³-hybridized carbons (Fsp3) is 0.318. The normalized spacial score (nSPS) is 12.6. The fourth-order valence-corrected chi connectivity index (χ4v) is 4.02. The Hall–Kier alpha value is -3.67. The molecule has 1 amide bonds. The summed E-state index contributed by atoms with van der Waals surface area (Å²) in [6.07, 6.45) is -0.419. The molecule has 1 N–H and O–H groups in total. The molecule has 2 aromatic carbocycles. The van der Waals surface area contributed by atoms with Crippen LogP contribution in [0.15, 0.2) is 47.6 Å². The summed E-state index contributed by atoms with van der Waals surface area (Å²) in [6.45, 7) is 6.00. The Morgan fingerprint density at radius 3 is 2.65 bits per heavy atom. The van der Waals surface area contributed by atoms with E-state index in [-0.39, 0.29) is 5.69 Å². The quantitative estimate of drug-likeness (QED) is 0.249. The molecule has 0 aliphatic carbocycles. The number of benzene rings is 2. The number of aromatic nitrogens is 3. The predicted octanol–water partition coefficient (Wildman–Crippen LogP) is 4.61. The minimum atomic E-state index is -0.973. The van der Waals surface area contributed by atoms with E-state index >= 15 is 0 Å². The van der Waals surface area contributed by atoms with Crippen molar-refractivity contribution in [2.75, 3.05) is 12.4 Å². The fourth-order valence-electron chi connectivity index (χ4n) is 3.10. The maximum Gasteiger partial charge on any atom is 0.306 e. The number of nitro groups is 1. The molecule has 1 aromatic heterocycles. The van der Waals surface area contributed by atoms with Crippen molar-refractivity contribution in [3.05, 3.63) is 64.2 Å². The van der Waals surface area contributed by atoms with E-state index in [1.807, 2.05) is 36.6 Å². The highest BCUT2D eigenvalue weighted by atomic mass is 32.2. The molecule has 0 bridgehead atoms. The van der Waals surface area contributed by atoms with E-state index in [0.29, 0.717) is 29.0 Å². The zero-order chi connectivity index (χ0) is 24.8. The van der Waals surface area contributed by atoms with Crippen LogP contribution in [-0.2, 0) is 11.3 Å². The van der Waals surface area contributed by atoms with Crippen LogP contribution in [-0.4, -0.2) is 38.0 Å². The Kier molecular flexibility index (Phi) is 8.05. The van der Waals surface area contributed by atoms with Crippen molar-refractivity contribution >= 4 is 29.0 Å². The molecule has 0 fully saturated rings. The summed E-state index contributed by atoms with van der Waals surface area (Å²) >= 11 is 1.18. The monoisotopic (exact) mass is 489 g/mol. The van der Waals surface area contributed by atoms with E-state index in [0.717, 1.165) is 12.1 Å². The lowest BCUT2D eigenvalue weighted by Crippen LogP contribution is -2.23. The summed E-state index contributed by atoms with van der Waals surface area (Å²) in [5.74, 6) is 0.490. The van der Waals surface area contributed by atoms with Gasteiger partial charge in [-0.15, -0.1) is 10.2 Å². The second-order valence-corrected chi connectivity index (χ2v) is 8.50. The number of hydrogen-bond acceptors (Lipinski definition) is 8. The number of amides is 1. The van der Waals surface area contributed by atoms with Crippen molar-refractivity contribution in [1.82, 2.24) is 14.8 Å². The molecule has 2 atom stereocenters. The maximum atomic E-state index is 13.5. The summed E-state index contributed by atoms with van der Waals surface area (Å²) in [6, 6.07) is 10.4. The van der Waals surface area contributed by atoms with Crippen LogP contribution in [0.5, 0.6) is 11.5 Å². The SMILES string of the molecule is CCn1c(SC(C)C(=O)Nc2ccc(F)c([N+](=O)[O-])c2)nnc1C(C)Oc1cccc(OC)c1. The highest BCUT2D eigenvalue weighted by molar-refractivity contribution is 8.00. The third-order valence-corrected chi connectivity index (χ3v) is 5.92. The molecule has 0 saturated heterocycles. The van der Waals surface area contributed by atoms with Gasteiger partial charge in [-0.1, -0.05) is 17.8 Å². The molecule has 2 unspecified atom stereocenters.